The minimum atomic E-state index is -0.0949. The van der Waals surface area contributed by atoms with Crippen LogP contribution in [0.25, 0.3) is 11.0 Å². The van der Waals surface area contributed by atoms with Gasteiger partial charge < -0.3 is 15.1 Å². The van der Waals surface area contributed by atoms with Crippen LogP contribution in [0.4, 0.5) is 0 Å². The van der Waals surface area contributed by atoms with Gasteiger partial charge in [0, 0.05) is 17.5 Å². The molecule has 6 heteroatoms. The molecule has 1 saturated carbocycles. The van der Waals surface area contributed by atoms with Gasteiger partial charge >= 0.3 is 0 Å². The van der Waals surface area contributed by atoms with E-state index in [1.807, 2.05) is 0 Å². The lowest BCUT2D eigenvalue weighted by Gasteiger charge is -2.46. The van der Waals surface area contributed by atoms with E-state index in [1.165, 1.54) is 12.8 Å². The third-order valence-corrected chi connectivity index (χ3v) is 5.28. The number of aromatic nitrogens is 1. The maximum atomic E-state index is 12.4. The maximum absolute atomic E-state index is 12.4. The molecule has 3 heterocycles. The fourth-order valence-corrected chi connectivity index (χ4v) is 3.75. The van der Waals surface area contributed by atoms with Crippen LogP contribution >= 0.6 is 15.9 Å². The van der Waals surface area contributed by atoms with E-state index in [0.29, 0.717) is 23.2 Å². The lowest BCUT2D eigenvalue weighted by atomic mass is 9.71. The summed E-state index contributed by atoms with van der Waals surface area (Å²) in [5.74, 6) is 0.481. The molecule has 2 aromatic heterocycles. The number of hydrogen-bond acceptors (Lipinski definition) is 4. The highest BCUT2D eigenvalue weighted by molar-refractivity contribution is 9.10. The van der Waals surface area contributed by atoms with Gasteiger partial charge in [-0.1, -0.05) is 0 Å². The number of amides is 1. The normalized spacial score (nSPS) is 28.0. The largest absolute Gasteiger partial charge is 0.461 e. The van der Waals surface area contributed by atoms with Crippen molar-refractivity contribution in [2.75, 3.05) is 6.54 Å². The van der Waals surface area contributed by atoms with Crippen LogP contribution in [0.2, 0.25) is 0 Å². The fourth-order valence-electron chi connectivity index (χ4n) is 3.35. The van der Waals surface area contributed by atoms with Crippen molar-refractivity contribution >= 4 is 32.8 Å². The van der Waals surface area contributed by atoms with Crippen LogP contribution in [0.1, 0.15) is 29.8 Å². The third kappa shape index (κ3) is 2.26. The predicted molar refractivity (Wildman–Crippen MR) is 82.1 cm³/mol. The van der Waals surface area contributed by atoms with Crippen molar-refractivity contribution in [2.24, 2.45) is 5.92 Å². The maximum Gasteiger partial charge on any atom is 0.270 e. The summed E-state index contributed by atoms with van der Waals surface area (Å²) < 4.78 is 6.17. The molecule has 2 aromatic rings. The van der Waals surface area contributed by atoms with E-state index in [4.69, 9.17) is 4.42 Å². The molecule has 2 unspecified atom stereocenters. The Bertz CT molecular complexity index is 699. The fraction of sp³-hybridized carbons (Fsp3) is 0.467. The van der Waals surface area contributed by atoms with Crippen molar-refractivity contribution < 1.29 is 9.21 Å². The van der Waals surface area contributed by atoms with Crippen LogP contribution in [-0.2, 0) is 0 Å². The van der Waals surface area contributed by atoms with Gasteiger partial charge in [-0.3, -0.25) is 4.79 Å². The van der Waals surface area contributed by atoms with E-state index in [1.54, 1.807) is 18.5 Å². The van der Waals surface area contributed by atoms with Crippen molar-refractivity contribution in [1.29, 1.82) is 0 Å². The molecule has 110 valence electrons. The standard InChI is InChI=1S/C15H16BrN3O2/c16-10-7-21-14-6-18-13(5-9(10)14)15(20)19-12-3-4-17-11-2-1-8(11)12/h5-8,11-12,17H,1-4H2,(H,19,20)/t8?,11?,12-/m1/s1. The van der Waals surface area contributed by atoms with E-state index in [-0.39, 0.29) is 11.9 Å². The van der Waals surface area contributed by atoms with Crippen molar-refractivity contribution in [3.63, 3.8) is 0 Å². The first-order chi connectivity index (χ1) is 10.2. The molecule has 5 nitrogen and oxygen atoms in total. The molecule has 21 heavy (non-hydrogen) atoms. The first kappa shape index (κ1) is 13.3. The zero-order valence-corrected chi connectivity index (χ0v) is 13.0. The zero-order chi connectivity index (χ0) is 14.4. The Balaban J connectivity index is 1.54. The number of nitrogens with zero attached hydrogens (tertiary/aromatic N) is 1. The smallest absolute Gasteiger partial charge is 0.270 e. The summed E-state index contributed by atoms with van der Waals surface area (Å²) in [4.78, 5) is 16.6. The highest BCUT2D eigenvalue weighted by Crippen LogP contribution is 2.34. The molecule has 2 fully saturated rings. The first-order valence-corrected chi connectivity index (χ1v) is 8.08. The van der Waals surface area contributed by atoms with Gasteiger partial charge in [-0.25, -0.2) is 4.98 Å². The van der Waals surface area contributed by atoms with Gasteiger partial charge in [-0.2, -0.15) is 0 Å². The lowest BCUT2D eigenvalue weighted by Crippen LogP contribution is -2.59. The molecule has 2 aliphatic rings. The molecule has 4 rings (SSSR count). The minimum absolute atomic E-state index is 0.0949. The summed E-state index contributed by atoms with van der Waals surface area (Å²) in [5, 5.41) is 7.54. The van der Waals surface area contributed by atoms with E-state index in [2.05, 4.69) is 31.5 Å². The highest BCUT2D eigenvalue weighted by atomic mass is 79.9. The summed E-state index contributed by atoms with van der Waals surface area (Å²) in [7, 11) is 0. The van der Waals surface area contributed by atoms with Crippen LogP contribution in [0.5, 0.6) is 0 Å². The van der Waals surface area contributed by atoms with Crippen LogP contribution in [0, 0.1) is 5.92 Å². The molecule has 0 bridgehead atoms. The minimum Gasteiger partial charge on any atom is -0.461 e. The average Bonchev–Trinajstić information content (AvgIpc) is 2.82. The van der Waals surface area contributed by atoms with Gasteiger partial charge in [0.15, 0.2) is 5.58 Å². The Morgan fingerprint density at radius 1 is 1.43 bits per heavy atom. The summed E-state index contributed by atoms with van der Waals surface area (Å²) in [6, 6.07) is 2.63. The van der Waals surface area contributed by atoms with Crippen molar-refractivity contribution in [3.05, 3.63) is 28.7 Å². The second-order valence-electron chi connectivity index (χ2n) is 5.82. The van der Waals surface area contributed by atoms with Gasteiger partial charge in [0.1, 0.15) is 12.0 Å². The van der Waals surface area contributed by atoms with E-state index >= 15 is 0 Å². The number of carbonyl (C=O) groups excluding carboxylic acids is 1. The van der Waals surface area contributed by atoms with Crippen LogP contribution < -0.4 is 10.6 Å². The first-order valence-electron chi connectivity index (χ1n) is 7.29. The quantitative estimate of drug-likeness (QED) is 0.873. The Morgan fingerprint density at radius 3 is 3.14 bits per heavy atom. The van der Waals surface area contributed by atoms with Crippen LogP contribution in [0.3, 0.4) is 0 Å². The summed E-state index contributed by atoms with van der Waals surface area (Å²) in [6.45, 7) is 0.978. The third-order valence-electron chi connectivity index (χ3n) is 4.67. The van der Waals surface area contributed by atoms with Crippen molar-refractivity contribution in [1.82, 2.24) is 15.6 Å². The van der Waals surface area contributed by atoms with Gasteiger partial charge in [0.25, 0.3) is 5.91 Å². The van der Waals surface area contributed by atoms with Gasteiger partial charge in [0.05, 0.1) is 10.7 Å². The SMILES string of the molecule is O=C(N[C@@H]1CCNC2CCC21)c1cc2c(Br)coc2cn1. The average molecular weight is 350 g/mol. The van der Waals surface area contributed by atoms with Gasteiger partial charge in [-0.15, -0.1) is 0 Å². The second-order valence-corrected chi connectivity index (χ2v) is 6.67. The number of nitrogens with one attached hydrogen (secondary N) is 2. The van der Waals surface area contributed by atoms with E-state index in [0.717, 1.165) is 22.8 Å². The van der Waals surface area contributed by atoms with Crippen molar-refractivity contribution in [3.8, 4) is 0 Å². The lowest BCUT2D eigenvalue weighted by molar-refractivity contribution is 0.0794. The summed E-state index contributed by atoms with van der Waals surface area (Å²) in [5.41, 5.74) is 1.12. The van der Waals surface area contributed by atoms with E-state index < -0.39 is 0 Å². The molecule has 0 radical (unpaired) electrons. The topological polar surface area (TPSA) is 67.2 Å². The Labute approximate surface area is 130 Å². The summed E-state index contributed by atoms with van der Waals surface area (Å²) >= 11 is 3.41. The van der Waals surface area contributed by atoms with Crippen molar-refractivity contribution in [2.45, 2.75) is 31.3 Å². The van der Waals surface area contributed by atoms with Crippen LogP contribution in [0.15, 0.2) is 27.4 Å². The number of carbonyl (C=O) groups is 1. The Morgan fingerprint density at radius 2 is 2.33 bits per heavy atom. The van der Waals surface area contributed by atoms with Gasteiger partial charge in [0.2, 0.25) is 0 Å². The number of rotatable bonds is 2. The number of hydrogen-bond donors (Lipinski definition) is 2. The number of halogens is 1. The molecule has 1 saturated heterocycles. The molecule has 1 aliphatic heterocycles. The second kappa shape index (κ2) is 5.10. The molecular weight excluding hydrogens is 334 g/mol. The molecule has 0 spiro atoms. The monoisotopic (exact) mass is 349 g/mol. The molecule has 1 aliphatic carbocycles. The molecule has 3 atom stereocenters. The molecular formula is C15H16BrN3O2. The number of piperidine rings is 1. The molecule has 0 aromatic carbocycles. The zero-order valence-electron chi connectivity index (χ0n) is 11.4. The predicted octanol–water partition coefficient (Wildman–Crippen LogP) is 2.46. The van der Waals surface area contributed by atoms with Crippen LogP contribution in [-0.4, -0.2) is 29.5 Å². The number of furan rings is 1. The number of fused-ring (bicyclic) bond motifs is 2. The van der Waals surface area contributed by atoms with Gasteiger partial charge in [-0.05, 0) is 53.7 Å². The highest BCUT2D eigenvalue weighted by Gasteiger charge is 2.40. The summed E-state index contributed by atoms with van der Waals surface area (Å²) in [6.07, 6.45) is 6.62. The van der Waals surface area contributed by atoms with E-state index in [9.17, 15) is 4.79 Å². The molecule has 2 N–H and O–H groups in total. The Kier molecular flexibility index (Phi) is 3.23. The Hall–Kier alpha value is -1.40. The molecule has 1 amide bonds. The number of pyridine rings is 1.